The van der Waals surface area contributed by atoms with Gasteiger partial charge in [-0.15, -0.1) is 0 Å². The van der Waals surface area contributed by atoms with Gasteiger partial charge in [0.1, 0.15) is 12.0 Å². The first kappa shape index (κ1) is 11.4. The van der Waals surface area contributed by atoms with Crippen LogP contribution in [0.15, 0.2) is 0 Å². The maximum absolute atomic E-state index is 10.5. The summed E-state index contributed by atoms with van der Waals surface area (Å²) in [5.41, 5.74) is 9.74. The van der Waals surface area contributed by atoms with Gasteiger partial charge in [0.25, 0.3) is 0 Å². The minimum absolute atomic E-state index is 0.500. The summed E-state index contributed by atoms with van der Waals surface area (Å²) >= 11 is 0. The summed E-state index contributed by atoms with van der Waals surface area (Å²) in [5.74, 6) is -5.48. The second-order valence-corrected chi connectivity index (χ2v) is 2.47. The first-order valence-electron chi connectivity index (χ1n) is 3.36. The molecule has 1 amide bonds. The van der Waals surface area contributed by atoms with E-state index in [4.69, 9.17) is 21.7 Å². The van der Waals surface area contributed by atoms with E-state index < -0.39 is 36.2 Å². The Morgan fingerprint density at radius 3 is 1.85 bits per heavy atom. The fourth-order valence-corrected chi connectivity index (χ4v) is 0.693. The summed E-state index contributed by atoms with van der Waals surface area (Å²) in [6, 6.07) is -1.39. The van der Waals surface area contributed by atoms with Gasteiger partial charge in [-0.1, -0.05) is 0 Å². The summed E-state index contributed by atoms with van der Waals surface area (Å²) in [6.45, 7) is 0. The smallest absolute Gasteiger partial charge is 0.320 e. The van der Waals surface area contributed by atoms with E-state index in [-0.39, 0.29) is 0 Å². The first-order chi connectivity index (χ1) is 5.86. The van der Waals surface area contributed by atoms with Gasteiger partial charge < -0.3 is 21.7 Å². The highest BCUT2D eigenvalue weighted by Gasteiger charge is 2.28. The average Bonchev–Trinajstić information content (AvgIpc) is 1.97. The van der Waals surface area contributed by atoms with Gasteiger partial charge in [-0.3, -0.25) is 14.4 Å². The molecule has 6 N–H and O–H groups in total. The third-order valence-corrected chi connectivity index (χ3v) is 1.45. The van der Waals surface area contributed by atoms with Crippen molar-refractivity contribution in [1.29, 1.82) is 0 Å². The zero-order valence-electron chi connectivity index (χ0n) is 6.64. The van der Waals surface area contributed by atoms with Gasteiger partial charge in [0, 0.05) is 0 Å². The van der Waals surface area contributed by atoms with Crippen molar-refractivity contribution in [2.45, 2.75) is 12.5 Å². The monoisotopic (exact) mass is 190 g/mol. The zero-order chi connectivity index (χ0) is 10.6. The molecule has 0 heterocycles. The number of primary amides is 1. The topological polar surface area (TPSA) is 144 Å². The number of carboxylic acid groups (broad SMARTS) is 2. The molecule has 0 aliphatic heterocycles. The van der Waals surface area contributed by atoms with E-state index in [0.717, 1.165) is 0 Å². The van der Waals surface area contributed by atoms with Crippen molar-refractivity contribution in [3.63, 3.8) is 0 Å². The zero-order valence-corrected chi connectivity index (χ0v) is 6.64. The Morgan fingerprint density at radius 1 is 1.15 bits per heavy atom. The van der Waals surface area contributed by atoms with Crippen molar-refractivity contribution >= 4 is 17.8 Å². The van der Waals surface area contributed by atoms with Crippen LogP contribution in [0.25, 0.3) is 0 Å². The van der Waals surface area contributed by atoms with Crippen LogP contribution < -0.4 is 11.5 Å². The van der Waals surface area contributed by atoms with Crippen molar-refractivity contribution in [2.24, 2.45) is 17.4 Å². The molecule has 0 aromatic rings. The van der Waals surface area contributed by atoms with Crippen LogP contribution in [0.5, 0.6) is 0 Å². The Morgan fingerprint density at radius 2 is 1.62 bits per heavy atom. The van der Waals surface area contributed by atoms with Gasteiger partial charge in [0.15, 0.2) is 0 Å². The van der Waals surface area contributed by atoms with E-state index in [2.05, 4.69) is 0 Å². The number of amides is 1. The van der Waals surface area contributed by atoms with Crippen molar-refractivity contribution in [1.82, 2.24) is 0 Å². The van der Waals surface area contributed by atoms with Crippen LogP contribution in [0, 0.1) is 5.92 Å². The lowest BCUT2D eigenvalue weighted by atomic mass is 10.00. The van der Waals surface area contributed by atoms with Gasteiger partial charge in [-0.2, -0.15) is 0 Å². The van der Waals surface area contributed by atoms with E-state index in [0.29, 0.717) is 0 Å². The van der Waals surface area contributed by atoms with Crippen molar-refractivity contribution in [3.8, 4) is 0 Å². The first-order valence-corrected chi connectivity index (χ1v) is 3.36. The number of hydrogen-bond donors (Lipinski definition) is 4. The Kier molecular flexibility index (Phi) is 3.86. The normalized spacial score (nSPS) is 14.5. The molecule has 0 saturated carbocycles. The number of carbonyl (C=O) groups excluding carboxylic acids is 1. The average molecular weight is 190 g/mol. The minimum atomic E-state index is -1.55. The highest BCUT2D eigenvalue weighted by Crippen LogP contribution is 2.05. The maximum atomic E-state index is 10.5. The molecule has 0 radical (unpaired) electrons. The highest BCUT2D eigenvalue weighted by atomic mass is 16.4. The molecule has 7 nitrogen and oxygen atoms in total. The second kappa shape index (κ2) is 4.41. The predicted molar refractivity (Wildman–Crippen MR) is 40.5 cm³/mol. The molecular formula is C6H10N2O5. The molecule has 7 heteroatoms. The Bertz CT molecular complexity index is 225. The van der Waals surface area contributed by atoms with Crippen molar-refractivity contribution < 1.29 is 24.6 Å². The minimum Gasteiger partial charge on any atom is -0.481 e. The van der Waals surface area contributed by atoms with Crippen LogP contribution in [-0.2, 0) is 14.4 Å². The second-order valence-electron chi connectivity index (χ2n) is 2.47. The largest absolute Gasteiger partial charge is 0.481 e. The summed E-state index contributed by atoms with van der Waals surface area (Å²) in [4.78, 5) is 31.1. The van der Waals surface area contributed by atoms with E-state index in [1.54, 1.807) is 0 Å². The molecule has 0 bridgehead atoms. The van der Waals surface area contributed by atoms with E-state index in [1.165, 1.54) is 0 Å². The molecule has 0 aromatic heterocycles. The van der Waals surface area contributed by atoms with E-state index >= 15 is 0 Å². The molecular weight excluding hydrogens is 180 g/mol. The third kappa shape index (κ3) is 3.52. The van der Waals surface area contributed by atoms with Crippen LogP contribution in [0.1, 0.15) is 6.42 Å². The highest BCUT2D eigenvalue weighted by molar-refractivity contribution is 5.96. The lowest BCUT2D eigenvalue weighted by Crippen LogP contribution is -2.39. The Balaban J connectivity index is 4.35. The predicted octanol–water partition coefficient (Wildman–Crippen LogP) is -2.03. The summed E-state index contributed by atoms with van der Waals surface area (Å²) < 4.78 is 0. The lowest BCUT2D eigenvalue weighted by molar-refractivity contribution is -0.147. The van der Waals surface area contributed by atoms with Gasteiger partial charge >= 0.3 is 11.9 Å². The SMILES string of the molecule is NC(=O)C(C[C@H](N)C(=O)O)C(=O)O. The third-order valence-electron chi connectivity index (χ3n) is 1.45. The maximum Gasteiger partial charge on any atom is 0.320 e. The number of hydrogen-bond acceptors (Lipinski definition) is 4. The van der Waals surface area contributed by atoms with Crippen molar-refractivity contribution in [2.75, 3.05) is 0 Å². The van der Waals surface area contributed by atoms with Gasteiger partial charge in [-0.25, -0.2) is 0 Å². The molecule has 0 aliphatic rings. The van der Waals surface area contributed by atoms with E-state index in [1.807, 2.05) is 0 Å². The summed E-state index contributed by atoms with van der Waals surface area (Å²) in [7, 11) is 0. The van der Waals surface area contributed by atoms with Crippen LogP contribution in [0.4, 0.5) is 0 Å². The van der Waals surface area contributed by atoms with Crippen LogP contribution >= 0.6 is 0 Å². The fourth-order valence-electron chi connectivity index (χ4n) is 0.693. The fraction of sp³-hybridized carbons (Fsp3) is 0.500. The van der Waals surface area contributed by atoms with Gasteiger partial charge in [-0.05, 0) is 6.42 Å². The molecule has 2 atom stereocenters. The number of rotatable bonds is 5. The summed E-state index contributed by atoms with van der Waals surface area (Å²) in [6.07, 6.45) is -0.500. The van der Waals surface area contributed by atoms with E-state index in [9.17, 15) is 14.4 Å². The van der Waals surface area contributed by atoms with Gasteiger partial charge in [0.2, 0.25) is 5.91 Å². The lowest BCUT2D eigenvalue weighted by Gasteiger charge is -2.10. The molecule has 13 heavy (non-hydrogen) atoms. The molecule has 0 rings (SSSR count). The van der Waals surface area contributed by atoms with Crippen LogP contribution in [-0.4, -0.2) is 34.1 Å². The molecule has 74 valence electrons. The molecule has 0 spiro atoms. The van der Waals surface area contributed by atoms with Crippen molar-refractivity contribution in [3.05, 3.63) is 0 Å². The molecule has 0 aliphatic carbocycles. The number of carbonyl (C=O) groups is 3. The number of aliphatic carboxylic acids is 2. The Hall–Kier alpha value is -1.63. The molecule has 0 fully saturated rings. The van der Waals surface area contributed by atoms with Crippen LogP contribution in [0.3, 0.4) is 0 Å². The number of nitrogens with two attached hydrogens (primary N) is 2. The molecule has 0 saturated heterocycles. The Labute approximate surface area is 73.3 Å². The standard InChI is InChI=1S/C6H10N2O5/c7-3(6(12)13)1-2(4(8)9)5(10)11/h2-3H,1,7H2,(H2,8,9)(H,10,11)(H,12,13)/t2?,3-/m0/s1. The molecule has 1 unspecified atom stereocenters. The molecule has 0 aromatic carbocycles. The number of carboxylic acids is 2. The summed E-state index contributed by atoms with van der Waals surface area (Å²) in [5, 5.41) is 16.7. The van der Waals surface area contributed by atoms with Crippen LogP contribution in [0.2, 0.25) is 0 Å². The van der Waals surface area contributed by atoms with Gasteiger partial charge in [0.05, 0.1) is 0 Å². The quantitative estimate of drug-likeness (QED) is 0.368.